The quantitative estimate of drug-likeness (QED) is 0.800. The van der Waals surface area contributed by atoms with Gasteiger partial charge in [-0.05, 0) is 26.3 Å². The third kappa shape index (κ3) is 2.70. The molecule has 0 aromatic heterocycles. The Morgan fingerprint density at radius 2 is 2.07 bits per heavy atom. The Hall–Kier alpha value is -1.06. The smallest absolute Gasteiger partial charge is 0.124 e. The highest BCUT2D eigenvalue weighted by Crippen LogP contribution is 2.31. The Kier molecular flexibility index (Phi) is 4.12. The number of ether oxygens (including phenoxy) is 1. The van der Waals surface area contributed by atoms with Crippen molar-refractivity contribution in [1.29, 1.82) is 0 Å². The van der Waals surface area contributed by atoms with E-state index in [9.17, 15) is 10.2 Å². The van der Waals surface area contributed by atoms with Crippen LogP contribution in [-0.2, 0) is 4.74 Å². The maximum atomic E-state index is 9.85. The van der Waals surface area contributed by atoms with Crippen LogP contribution in [0.1, 0.15) is 31.1 Å². The molecule has 0 fully saturated rings. The molecule has 0 amide bonds. The van der Waals surface area contributed by atoms with Gasteiger partial charge in [-0.25, -0.2) is 0 Å². The van der Waals surface area contributed by atoms with Crippen LogP contribution in [0.2, 0.25) is 0 Å². The van der Waals surface area contributed by atoms with Gasteiger partial charge in [0, 0.05) is 12.2 Å². The molecule has 0 saturated heterocycles. The predicted molar refractivity (Wildman–Crippen MR) is 58.9 cm³/mol. The second-order valence-corrected chi connectivity index (χ2v) is 3.63. The van der Waals surface area contributed by atoms with Crippen LogP contribution in [0.15, 0.2) is 18.2 Å². The lowest BCUT2D eigenvalue weighted by Gasteiger charge is -2.21. The summed E-state index contributed by atoms with van der Waals surface area (Å²) in [6, 6.07) is 5.44. The molecule has 0 saturated carbocycles. The number of hydrogen-bond donors (Lipinski definition) is 2. The number of benzene rings is 1. The lowest BCUT2D eigenvalue weighted by atomic mass is 10.0. The summed E-state index contributed by atoms with van der Waals surface area (Å²) in [5.41, 5.74) is 1.43. The number of para-hydroxylation sites is 1. The van der Waals surface area contributed by atoms with Crippen LogP contribution < -0.4 is 0 Å². The SMILES string of the molecule is CCOC(c1cccc(C)c1O)C(C)O. The topological polar surface area (TPSA) is 49.7 Å². The number of phenols is 1. The second kappa shape index (κ2) is 5.14. The van der Waals surface area contributed by atoms with E-state index in [1.165, 1.54) is 0 Å². The van der Waals surface area contributed by atoms with Gasteiger partial charge in [0.25, 0.3) is 0 Å². The van der Waals surface area contributed by atoms with Crippen LogP contribution in [0.5, 0.6) is 5.75 Å². The highest BCUT2D eigenvalue weighted by Gasteiger charge is 2.21. The Balaban J connectivity index is 3.05. The van der Waals surface area contributed by atoms with Gasteiger partial charge >= 0.3 is 0 Å². The first-order chi connectivity index (χ1) is 7.07. The number of hydrogen-bond acceptors (Lipinski definition) is 3. The first-order valence-corrected chi connectivity index (χ1v) is 5.16. The van der Waals surface area contributed by atoms with E-state index in [0.717, 1.165) is 5.56 Å². The van der Waals surface area contributed by atoms with E-state index >= 15 is 0 Å². The summed E-state index contributed by atoms with van der Waals surface area (Å²) in [7, 11) is 0. The van der Waals surface area contributed by atoms with Crippen LogP contribution in [-0.4, -0.2) is 22.9 Å². The molecule has 2 N–H and O–H groups in total. The average Bonchev–Trinajstić information content (AvgIpc) is 2.19. The molecule has 1 aromatic carbocycles. The number of phenolic OH excluding ortho intramolecular Hbond substituents is 1. The summed E-state index contributed by atoms with van der Waals surface area (Å²) >= 11 is 0. The molecule has 0 aliphatic carbocycles. The van der Waals surface area contributed by atoms with Gasteiger partial charge in [0.05, 0.1) is 6.10 Å². The van der Waals surface area contributed by atoms with E-state index in [1.54, 1.807) is 13.0 Å². The predicted octanol–water partition coefficient (Wildman–Crippen LogP) is 2.16. The van der Waals surface area contributed by atoms with Crippen LogP contribution in [0.25, 0.3) is 0 Å². The molecule has 0 spiro atoms. The second-order valence-electron chi connectivity index (χ2n) is 3.63. The maximum absolute atomic E-state index is 9.85. The molecule has 1 aromatic rings. The Bertz CT molecular complexity index is 321. The number of aliphatic hydroxyl groups is 1. The molecule has 2 unspecified atom stereocenters. The van der Waals surface area contributed by atoms with Gasteiger partial charge in [-0.2, -0.15) is 0 Å². The molecule has 2 atom stereocenters. The summed E-state index contributed by atoms with van der Waals surface area (Å²) in [6.07, 6.45) is -1.10. The third-order valence-corrected chi connectivity index (χ3v) is 2.36. The van der Waals surface area contributed by atoms with Crippen molar-refractivity contribution in [3.05, 3.63) is 29.3 Å². The summed E-state index contributed by atoms with van der Waals surface area (Å²) in [5.74, 6) is 0.205. The van der Waals surface area contributed by atoms with Crippen LogP contribution in [0.3, 0.4) is 0 Å². The molecule has 15 heavy (non-hydrogen) atoms. The zero-order chi connectivity index (χ0) is 11.4. The molecule has 0 heterocycles. The number of aryl methyl sites for hydroxylation is 1. The fraction of sp³-hybridized carbons (Fsp3) is 0.500. The van der Waals surface area contributed by atoms with Gasteiger partial charge < -0.3 is 14.9 Å². The highest BCUT2D eigenvalue weighted by molar-refractivity contribution is 5.41. The number of aromatic hydroxyl groups is 1. The molecular formula is C12H18O3. The Labute approximate surface area is 90.3 Å². The highest BCUT2D eigenvalue weighted by atomic mass is 16.5. The maximum Gasteiger partial charge on any atom is 0.124 e. The molecular weight excluding hydrogens is 192 g/mol. The fourth-order valence-corrected chi connectivity index (χ4v) is 1.58. The lowest BCUT2D eigenvalue weighted by molar-refractivity contribution is -0.0270. The average molecular weight is 210 g/mol. The number of rotatable bonds is 4. The molecule has 0 aliphatic rings. The largest absolute Gasteiger partial charge is 0.507 e. The molecule has 0 bridgehead atoms. The van der Waals surface area contributed by atoms with E-state index in [4.69, 9.17) is 4.74 Å². The first-order valence-electron chi connectivity index (χ1n) is 5.16. The Morgan fingerprint density at radius 1 is 1.40 bits per heavy atom. The summed E-state index contributed by atoms with van der Waals surface area (Å²) < 4.78 is 5.42. The summed E-state index contributed by atoms with van der Waals surface area (Å²) in [4.78, 5) is 0. The molecule has 1 rings (SSSR count). The van der Waals surface area contributed by atoms with Gasteiger partial charge in [0.1, 0.15) is 11.9 Å². The van der Waals surface area contributed by atoms with E-state index < -0.39 is 12.2 Å². The van der Waals surface area contributed by atoms with Crippen molar-refractivity contribution in [2.75, 3.05) is 6.61 Å². The van der Waals surface area contributed by atoms with Crippen molar-refractivity contribution in [3.63, 3.8) is 0 Å². The van der Waals surface area contributed by atoms with E-state index in [0.29, 0.717) is 12.2 Å². The monoisotopic (exact) mass is 210 g/mol. The Morgan fingerprint density at radius 3 is 2.60 bits per heavy atom. The number of aliphatic hydroxyl groups excluding tert-OH is 1. The summed E-state index contributed by atoms with van der Waals surface area (Å²) in [6.45, 7) is 5.84. The third-order valence-electron chi connectivity index (χ3n) is 2.36. The van der Waals surface area contributed by atoms with Crippen molar-refractivity contribution in [3.8, 4) is 5.75 Å². The standard InChI is InChI=1S/C12H18O3/c1-4-15-12(9(3)13)10-7-5-6-8(2)11(10)14/h5-7,9,12-14H,4H2,1-3H3. The molecule has 0 aliphatic heterocycles. The van der Waals surface area contributed by atoms with Gasteiger partial charge in [-0.15, -0.1) is 0 Å². The first kappa shape index (κ1) is 12.0. The van der Waals surface area contributed by atoms with Crippen molar-refractivity contribution >= 4 is 0 Å². The zero-order valence-corrected chi connectivity index (χ0v) is 9.40. The van der Waals surface area contributed by atoms with Crippen molar-refractivity contribution in [2.45, 2.75) is 33.0 Å². The van der Waals surface area contributed by atoms with Gasteiger partial charge in [0.15, 0.2) is 0 Å². The van der Waals surface area contributed by atoms with E-state index in [2.05, 4.69) is 0 Å². The minimum Gasteiger partial charge on any atom is -0.507 e. The van der Waals surface area contributed by atoms with E-state index in [-0.39, 0.29) is 5.75 Å². The minimum absolute atomic E-state index is 0.205. The molecule has 84 valence electrons. The van der Waals surface area contributed by atoms with Gasteiger partial charge in [-0.3, -0.25) is 0 Å². The molecule has 3 heteroatoms. The van der Waals surface area contributed by atoms with Gasteiger partial charge in [-0.1, -0.05) is 18.2 Å². The van der Waals surface area contributed by atoms with Crippen molar-refractivity contribution < 1.29 is 14.9 Å². The minimum atomic E-state index is -0.641. The lowest BCUT2D eigenvalue weighted by Crippen LogP contribution is -2.18. The van der Waals surface area contributed by atoms with E-state index in [1.807, 2.05) is 26.0 Å². The van der Waals surface area contributed by atoms with Crippen LogP contribution in [0.4, 0.5) is 0 Å². The van der Waals surface area contributed by atoms with Crippen molar-refractivity contribution in [2.24, 2.45) is 0 Å². The molecule has 0 radical (unpaired) electrons. The van der Waals surface area contributed by atoms with Gasteiger partial charge in [0.2, 0.25) is 0 Å². The molecule has 3 nitrogen and oxygen atoms in total. The normalized spacial score (nSPS) is 14.9. The zero-order valence-electron chi connectivity index (χ0n) is 9.40. The van der Waals surface area contributed by atoms with Crippen LogP contribution >= 0.6 is 0 Å². The fourth-order valence-electron chi connectivity index (χ4n) is 1.58. The summed E-state index contributed by atoms with van der Waals surface area (Å²) in [5, 5.41) is 19.4. The van der Waals surface area contributed by atoms with Crippen LogP contribution in [0, 0.1) is 6.92 Å². The van der Waals surface area contributed by atoms with Crippen molar-refractivity contribution in [1.82, 2.24) is 0 Å².